The number of hydrogen-bond acceptors (Lipinski definition) is 2. The van der Waals surface area contributed by atoms with E-state index in [1.54, 1.807) is 0 Å². The van der Waals surface area contributed by atoms with Gasteiger partial charge in [0.25, 0.3) is 0 Å². The molecular weight excluding hydrogens is 232 g/mol. The molecule has 0 aromatic carbocycles. The van der Waals surface area contributed by atoms with E-state index in [4.69, 9.17) is 5.73 Å². The van der Waals surface area contributed by atoms with Gasteiger partial charge in [-0.15, -0.1) is 0 Å². The van der Waals surface area contributed by atoms with Crippen LogP contribution in [0.1, 0.15) is 66.2 Å². The number of nitrogens with two attached hydrogens (primary N) is 1. The summed E-state index contributed by atoms with van der Waals surface area (Å²) in [6.07, 6.45) is 8.09. The molecule has 0 aromatic heterocycles. The van der Waals surface area contributed by atoms with Gasteiger partial charge in [0.2, 0.25) is 0 Å². The molecule has 0 saturated heterocycles. The maximum absolute atomic E-state index is 5.77. The third-order valence-corrected chi connectivity index (χ3v) is 4.52. The zero-order chi connectivity index (χ0) is 14.3. The fourth-order valence-corrected chi connectivity index (χ4v) is 3.05. The quantitative estimate of drug-likeness (QED) is 0.651. The summed E-state index contributed by atoms with van der Waals surface area (Å²) >= 11 is 0. The highest BCUT2D eigenvalue weighted by Crippen LogP contribution is 2.33. The van der Waals surface area contributed by atoms with Gasteiger partial charge in [-0.3, -0.25) is 0 Å². The molecule has 0 aliphatic heterocycles. The number of rotatable bonds is 10. The molecule has 0 heterocycles. The van der Waals surface area contributed by atoms with Crippen LogP contribution in [0.4, 0.5) is 0 Å². The Morgan fingerprint density at radius 3 is 2.32 bits per heavy atom. The minimum Gasteiger partial charge on any atom is -0.330 e. The Balaban J connectivity index is 2.27. The van der Waals surface area contributed by atoms with Crippen molar-refractivity contribution < 1.29 is 0 Å². The van der Waals surface area contributed by atoms with E-state index < -0.39 is 0 Å². The van der Waals surface area contributed by atoms with E-state index >= 15 is 0 Å². The highest BCUT2D eigenvalue weighted by atomic mass is 15.1. The molecule has 0 radical (unpaired) electrons. The summed E-state index contributed by atoms with van der Waals surface area (Å²) in [4.78, 5) is 2.69. The molecule has 19 heavy (non-hydrogen) atoms. The number of hydrogen-bond donors (Lipinski definition) is 1. The first-order valence-corrected chi connectivity index (χ1v) is 8.39. The van der Waals surface area contributed by atoms with E-state index in [0.29, 0.717) is 5.41 Å². The molecule has 2 nitrogen and oxygen atoms in total. The minimum absolute atomic E-state index is 0.408. The summed E-state index contributed by atoms with van der Waals surface area (Å²) < 4.78 is 0. The topological polar surface area (TPSA) is 29.3 Å². The molecule has 2 N–H and O–H groups in total. The maximum atomic E-state index is 5.77. The van der Waals surface area contributed by atoms with Crippen molar-refractivity contribution in [2.24, 2.45) is 23.0 Å². The van der Waals surface area contributed by atoms with Gasteiger partial charge in [-0.1, -0.05) is 27.7 Å². The third-order valence-electron chi connectivity index (χ3n) is 4.52. The normalized spacial score (nSPS) is 18.0. The van der Waals surface area contributed by atoms with Crippen molar-refractivity contribution in [3.63, 3.8) is 0 Å². The van der Waals surface area contributed by atoms with Crippen LogP contribution in [0.25, 0.3) is 0 Å². The molecule has 1 aliphatic rings. The van der Waals surface area contributed by atoms with Crippen molar-refractivity contribution in [2.45, 2.75) is 66.2 Å². The van der Waals surface area contributed by atoms with Gasteiger partial charge < -0.3 is 10.6 Å². The first kappa shape index (κ1) is 17.0. The van der Waals surface area contributed by atoms with Gasteiger partial charge in [-0.2, -0.15) is 0 Å². The lowest BCUT2D eigenvalue weighted by atomic mass is 9.76. The molecule has 0 spiro atoms. The fourth-order valence-electron chi connectivity index (χ4n) is 3.05. The summed E-state index contributed by atoms with van der Waals surface area (Å²) in [5.74, 6) is 1.80. The summed E-state index contributed by atoms with van der Waals surface area (Å²) in [6.45, 7) is 14.2. The predicted octanol–water partition coefficient (Wildman–Crippen LogP) is 3.90. The van der Waals surface area contributed by atoms with Crippen LogP contribution in [0.15, 0.2) is 0 Å². The SMILES string of the molecule is CCCN(CCCC(CCN)C(C)(C)C)CC1CC1. The lowest BCUT2D eigenvalue weighted by Crippen LogP contribution is -2.29. The van der Waals surface area contributed by atoms with Gasteiger partial charge in [-0.05, 0) is 75.4 Å². The summed E-state index contributed by atoms with van der Waals surface area (Å²) in [5, 5.41) is 0. The van der Waals surface area contributed by atoms with Crippen LogP contribution in [0.3, 0.4) is 0 Å². The molecule has 114 valence electrons. The van der Waals surface area contributed by atoms with Crippen LogP contribution in [0.5, 0.6) is 0 Å². The van der Waals surface area contributed by atoms with Crippen LogP contribution < -0.4 is 5.73 Å². The molecule has 1 rings (SSSR count). The van der Waals surface area contributed by atoms with E-state index in [0.717, 1.165) is 18.4 Å². The highest BCUT2D eigenvalue weighted by Gasteiger charge is 2.25. The second kappa shape index (κ2) is 8.26. The summed E-state index contributed by atoms with van der Waals surface area (Å²) in [6, 6.07) is 0. The lowest BCUT2D eigenvalue weighted by Gasteiger charge is -2.31. The lowest BCUT2D eigenvalue weighted by molar-refractivity contribution is 0.191. The smallest absolute Gasteiger partial charge is 0.000966 e. The van der Waals surface area contributed by atoms with Crippen molar-refractivity contribution in [3.8, 4) is 0 Å². The van der Waals surface area contributed by atoms with Crippen LogP contribution >= 0.6 is 0 Å². The van der Waals surface area contributed by atoms with E-state index in [-0.39, 0.29) is 0 Å². The molecule has 1 unspecified atom stereocenters. The molecule has 1 fully saturated rings. The average Bonchev–Trinajstić information content (AvgIpc) is 3.10. The molecule has 1 atom stereocenters. The molecule has 1 aliphatic carbocycles. The Hall–Kier alpha value is -0.0800. The third kappa shape index (κ3) is 7.31. The Labute approximate surface area is 121 Å². The molecule has 2 heteroatoms. The molecule has 0 aromatic rings. The van der Waals surface area contributed by atoms with Gasteiger partial charge in [-0.25, -0.2) is 0 Å². The zero-order valence-corrected chi connectivity index (χ0v) is 13.8. The molecule has 1 saturated carbocycles. The predicted molar refractivity (Wildman–Crippen MR) is 85.3 cm³/mol. The van der Waals surface area contributed by atoms with Gasteiger partial charge in [0.1, 0.15) is 0 Å². The number of nitrogens with zero attached hydrogens (tertiary/aromatic N) is 1. The largest absolute Gasteiger partial charge is 0.330 e. The highest BCUT2D eigenvalue weighted by molar-refractivity contribution is 4.78. The van der Waals surface area contributed by atoms with E-state index in [9.17, 15) is 0 Å². The zero-order valence-electron chi connectivity index (χ0n) is 13.8. The van der Waals surface area contributed by atoms with Gasteiger partial charge in [0, 0.05) is 6.54 Å². The first-order chi connectivity index (χ1) is 8.97. The minimum atomic E-state index is 0.408. The Morgan fingerprint density at radius 1 is 1.16 bits per heavy atom. The van der Waals surface area contributed by atoms with Crippen molar-refractivity contribution in [1.29, 1.82) is 0 Å². The first-order valence-electron chi connectivity index (χ1n) is 8.39. The summed E-state index contributed by atoms with van der Waals surface area (Å²) in [5.41, 5.74) is 6.18. The van der Waals surface area contributed by atoms with Crippen molar-refractivity contribution in [3.05, 3.63) is 0 Å². The Morgan fingerprint density at radius 2 is 1.84 bits per heavy atom. The average molecular weight is 268 g/mol. The summed E-state index contributed by atoms with van der Waals surface area (Å²) in [7, 11) is 0. The second-order valence-corrected chi connectivity index (χ2v) is 7.53. The monoisotopic (exact) mass is 268 g/mol. The van der Waals surface area contributed by atoms with Crippen molar-refractivity contribution in [2.75, 3.05) is 26.2 Å². The van der Waals surface area contributed by atoms with E-state index in [1.165, 1.54) is 58.2 Å². The molecule has 0 bridgehead atoms. The van der Waals surface area contributed by atoms with E-state index in [2.05, 4.69) is 32.6 Å². The van der Waals surface area contributed by atoms with Crippen molar-refractivity contribution in [1.82, 2.24) is 4.90 Å². The Bertz CT molecular complexity index is 228. The standard InChI is InChI=1S/C17H36N2/c1-5-12-19(14-15-8-9-15)13-6-7-16(10-11-18)17(2,3)4/h15-16H,5-14,18H2,1-4H3. The van der Waals surface area contributed by atoms with Crippen molar-refractivity contribution >= 4 is 0 Å². The van der Waals surface area contributed by atoms with Crippen LogP contribution in [-0.4, -0.2) is 31.1 Å². The van der Waals surface area contributed by atoms with Gasteiger partial charge in [0.05, 0.1) is 0 Å². The molecule has 0 amide bonds. The van der Waals surface area contributed by atoms with Crippen LogP contribution in [0, 0.1) is 17.3 Å². The van der Waals surface area contributed by atoms with Crippen LogP contribution in [-0.2, 0) is 0 Å². The van der Waals surface area contributed by atoms with Gasteiger partial charge in [0.15, 0.2) is 0 Å². The van der Waals surface area contributed by atoms with Gasteiger partial charge >= 0.3 is 0 Å². The fraction of sp³-hybridized carbons (Fsp3) is 1.00. The van der Waals surface area contributed by atoms with Crippen LogP contribution in [0.2, 0.25) is 0 Å². The second-order valence-electron chi connectivity index (χ2n) is 7.53. The van der Waals surface area contributed by atoms with E-state index in [1.807, 2.05) is 0 Å². The maximum Gasteiger partial charge on any atom is 0.000966 e. The molecular formula is C17H36N2. The Kier molecular flexibility index (Phi) is 7.38.